The first-order chi connectivity index (χ1) is 14.1. The molecule has 0 unspecified atom stereocenters. The van der Waals surface area contributed by atoms with Gasteiger partial charge in [-0.15, -0.1) is 11.3 Å². The molecule has 2 aromatic carbocycles. The quantitative estimate of drug-likeness (QED) is 0.527. The van der Waals surface area contributed by atoms with Gasteiger partial charge in [0.15, 0.2) is 5.52 Å². The molecule has 0 atom stereocenters. The average molecular weight is 402 g/mol. The maximum absolute atomic E-state index is 13.0. The number of carbonyl (C=O) groups excluding carboxylic acids is 1. The first kappa shape index (κ1) is 17.8. The first-order valence-electron chi connectivity index (χ1n) is 9.44. The summed E-state index contributed by atoms with van der Waals surface area (Å²) in [6.45, 7) is 2.38. The number of aryl methyl sites for hydroxylation is 1. The number of para-hydroxylation sites is 1. The van der Waals surface area contributed by atoms with E-state index >= 15 is 0 Å². The van der Waals surface area contributed by atoms with Crippen molar-refractivity contribution in [3.63, 3.8) is 0 Å². The molecule has 3 heterocycles. The molecule has 0 N–H and O–H groups in total. The lowest BCUT2D eigenvalue weighted by molar-refractivity contribution is -0.119. The summed E-state index contributed by atoms with van der Waals surface area (Å²) in [7, 11) is 0. The molecule has 4 aromatic rings. The Kier molecular flexibility index (Phi) is 4.24. The molecule has 0 radical (unpaired) electrons. The molecule has 0 bridgehead atoms. The van der Waals surface area contributed by atoms with Crippen LogP contribution in [0.4, 0.5) is 5.69 Å². The smallest absolute Gasteiger partial charge is 0.294 e. The van der Waals surface area contributed by atoms with Crippen molar-refractivity contribution in [2.24, 2.45) is 0 Å². The van der Waals surface area contributed by atoms with Gasteiger partial charge in [0, 0.05) is 17.8 Å². The van der Waals surface area contributed by atoms with E-state index in [2.05, 4.69) is 10.1 Å². The summed E-state index contributed by atoms with van der Waals surface area (Å²) in [5.41, 5.74) is 3.69. The molecule has 0 saturated heterocycles. The number of carbonyl (C=O) groups is 1. The van der Waals surface area contributed by atoms with Crippen molar-refractivity contribution in [2.45, 2.75) is 19.9 Å². The third-order valence-electron chi connectivity index (χ3n) is 5.13. The van der Waals surface area contributed by atoms with E-state index < -0.39 is 0 Å². The highest BCUT2D eigenvalue weighted by atomic mass is 32.1. The summed E-state index contributed by atoms with van der Waals surface area (Å²) < 4.78 is 2.02. The fraction of sp³-hybridized carbons (Fsp3) is 0.182. The van der Waals surface area contributed by atoms with Crippen LogP contribution in [0.15, 0.2) is 59.4 Å². The Labute approximate surface area is 171 Å². The van der Waals surface area contributed by atoms with Gasteiger partial charge in [-0.1, -0.05) is 48.5 Å². The van der Waals surface area contributed by atoms with Gasteiger partial charge in [-0.2, -0.15) is 5.10 Å². The Hall–Kier alpha value is -3.32. The molecule has 144 valence electrons. The van der Waals surface area contributed by atoms with Gasteiger partial charge >= 0.3 is 0 Å². The Balaban J connectivity index is 1.58. The third kappa shape index (κ3) is 3.03. The number of hydrogen-bond donors (Lipinski definition) is 0. The molecular weight excluding hydrogens is 384 g/mol. The van der Waals surface area contributed by atoms with Gasteiger partial charge in [-0.25, -0.2) is 9.67 Å². The second-order valence-electron chi connectivity index (χ2n) is 7.01. The maximum Gasteiger partial charge on any atom is 0.294 e. The normalized spacial score (nSPS) is 13.1. The second-order valence-corrected chi connectivity index (χ2v) is 8.22. The maximum atomic E-state index is 13.0. The van der Waals surface area contributed by atoms with Gasteiger partial charge in [-0.05, 0) is 25.0 Å². The van der Waals surface area contributed by atoms with Gasteiger partial charge < -0.3 is 4.90 Å². The molecule has 0 spiro atoms. The van der Waals surface area contributed by atoms with E-state index in [0.29, 0.717) is 17.8 Å². The molecule has 1 aliphatic heterocycles. The van der Waals surface area contributed by atoms with E-state index in [9.17, 15) is 9.59 Å². The minimum atomic E-state index is -0.329. The van der Waals surface area contributed by atoms with Crippen LogP contribution in [0, 0.1) is 6.92 Å². The van der Waals surface area contributed by atoms with Gasteiger partial charge in [0.05, 0.1) is 9.71 Å². The summed E-state index contributed by atoms with van der Waals surface area (Å²) in [4.78, 5) is 32.2. The van der Waals surface area contributed by atoms with Crippen LogP contribution in [0.2, 0.25) is 0 Å². The molecule has 7 heteroatoms. The molecule has 5 rings (SSSR count). The van der Waals surface area contributed by atoms with Crippen molar-refractivity contribution in [3.8, 4) is 11.3 Å². The third-order valence-corrected chi connectivity index (χ3v) is 6.10. The molecule has 1 aliphatic rings. The zero-order valence-corrected chi connectivity index (χ0v) is 16.6. The molecule has 0 saturated carbocycles. The summed E-state index contributed by atoms with van der Waals surface area (Å²) in [5, 5.41) is 5.38. The minimum Gasteiger partial charge on any atom is -0.310 e. The van der Waals surface area contributed by atoms with Crippen molar-refractivity contribution in [2.75, 3.05) is 11.4 Å². The van der Waals surface area contributed by atoms with Crippen LogP contribution < -0.4 is 10.5 Å². The summed E-state index contributed by atoms with van der Waals surface area (Å²) in [6, 6.07) is 17.6. The molecule has 29 heavy (non-hydrogen) atoms. The predicted molar refractivity (Wildman–Crippen MR) is 114 cm³/mol. The van der Waals surface area contributed by atoms with Crippen LogP contribution in [0.3, 0.4) is 0 Å². The molecular formula is C22H18N4O2S. The number of benzene rings is 2. The number of aromatic nitrogens is 3. The highest BCUT2D eigenvalue weighted by Gasteiger charge is 2.25. The van der Waals surface area contributed by atoms with E-state index in [1.807, 2.05) is 61.5 Å². The van der Waals surface area contributed by atoms with Crippen LogP contribution >= 0.6 is 11.3 Å². The number of anilines is 1. The standard InChI is InChI=1S/C22H18N4O2S/c1-14-23-20-21(29-14)19(16-8-3-2-4-9-16)24-26(22(20)28)13-18(27)25-12-11-15-7-5-6-10-17(15)25/h2-10H,11-13H2,1H3. The Morgan fingerprint density at radius 2 is 1.86 bits per heavy atom. The molecule has 2 aromatic heterocycles. The van der Waals surface area contributed by atoms with Crippen molar-refractivity contribution in [1.29, 1.82) is 0 Å². The summed E-state index contributed by atoms with van der Waals surface area (Å²) in [5.74, 6) is -0.144. The lowest BCUT2D eigenvalue weighted by Crippen LogP contribution is -2.36. The molecule has 6 nitrogen and oxygen atoms in total. The van der Waals surface area contributed by atoms with Crippen LogP contribution in [-0.4, -0.2) is 27.2 Å². The zero-order valence-electron chi connectivity index (χ0n) is 15.8. The van der Waals surface area contributed by atoms with E-state index in [-0.39, 0.29) is 18.0 Å². The average Bonchev–Trinajstić information content (AvgIpc) is 3.34. The summed E-state index contributed by atoms with van der Waals surface area (Å²) in [6.07, 6.45) is 0.823. The van der Waals surface area contributed by atoms with E-state index in [4.69, 9.17) is 0 Å². The van der Waals surface area contributed by atoms with Gasteiger partial charge in [0.1, 0.15) is 12.2 Å². The number of nitrogens with zero attached hydrogens (tertiary/aromatic N) is 4. The fourth-order valence-corrected chi connectivity index (χ4v) is 4.69. The van der Waals surface area contributed by atoms with Crippen LogP contribution in [0.1, 0.15) is 10.6 Å². The van der Waals surface area contributed by atoms with Gasteiger partial charge in [-0.3, -0.25) is 9.59 Å². The van der Waals surface area contributed by atoms with Crippen molar-refractivity contribution in [3.05, 3.63) is 75.5 Å². The van der Waals surface area contributed by atoms with Crippen molar-refractivity contribution < 1.29 is 4.79 Å². The van der Waals surface area contributed by atoms with Crippen LogP contribution in [0.5, 0.6) is 0 Å². The number of thiazole rings is 1. The largest absolute Gasteiger partial charge is 0.310 e. The summed E-state index contributed by atoms with van der Waals surface area (Å²) >= 11 is 1.45. The number of rotatable bonds is 3. The first-order valence-corrected chi connectivity index (χ1v) is 10.3. The lowest BCUT2D eigenvalue weighted by atomic mass is 10.1. The number of amides is 1. The monoisotopic (exact) mass is 402 g/mol. The number of fused-ring (bicyclic) bond motifs is 2. The van der Waals surface area contributed by atoms with Crippen LogP contribution in [-0.2, 0) is 17.8 Å². The van der Waals surface area contributed by atoms with Crippen molar-refractivity contribution in [1.82, 2.24) is 14.8 Å². The van der Waals surface area contributed by atoms with Gasteiger partial charge in [0.25, 0.3) is 5.56 Å². The van der Waals surface area contributed by atoms with Crippen LogP contribution in [0.25, 0.3) is 21.5 Å². The van der Waals surface area contributed by atoms with E-state index in [1.165, 1.54) is 16.0 Å². The van der Waals surface area contributed by atoms with Gasteiger partial charge in [0.2, 0.25) is 5.91 Å². The predicted octanol–water partition coefficient (Wildman–Crippen LogP) is 3.42. The SMILES string of the molecule is Cc1nc2c(=O)n(CC(=O)N3CCc4ccccc43)nc(-c3ccccc3)c2s1. The molecule has 1 amide bonds. The Bertz CT molecular complexity index is 1290. The van der Waals surface area contributed by atoms with E-state index in [0.717, 1.165) is 32.9 Å². The fourth-order valence-electron chi connectivity index (χ4n) is 3.77. The highest BCUT2D eigenvalue weighted by Crippen LogP contribution is 2.30. The topological polar surface area (TPSA) is 68.1 Å². The van der Waals surface area contributed by atoms with E-state index in [1.54, 1.807) is 4.90 Å². The molecule has 0 fully saturated rings. The number of hydrogen-bond acceptors (Lipinski definition) is 5. The minimum absolute atomic E-state index is 0.112. The molecule has 0 aliphatic carbocycles. The highest BCUT2D eigenvalue weighted by molar-refractivity contribution is 7.19. The second kappa shape index (κ2) is 6.93. The Morgan fingerprint density at radius 3 is 2.69 bits per heavy atom. The van der Waals surface area contributed by atoms with Crippen molar-refractivity contribution >= 4 is 33.1 Å². The lowest BCUT2D eigenvalue weighted by Gasteiger charge is -2.18. The Morgan fingerprint density at radius 1 is 1.10 bits per heavy atom. The zero-order chi connectivity index (χ0) is 20.0.